The number of methoxy groups -OCH3 is 1. The van der Waals surface area contributed by atoms with E-state index in [9.17, 15) is 4.79 Å². The molecule has 1 heterocycles. The summed E-state index contributed by atoms with van der Waals surface area (Å²) in [7, 11) is 1.55. The number of carbonyl (C=O) groups is 1. The lowest BCUT2D eigenvalue weighted by Gasteiger charge is -2.59. The Labute approximate surface area is 186 Å². The van der Waals surface area contributed by atoms with Crippen LogP contribution in [0, 0.1) is 22.7 Å². The Hall–Kier alpha value is -0.780. The lowest BCUT2D eigenvalue weighted by molar-refractivity contribution is -0.242. The fraction of sp³-hybridized carbons (Fsp3) is 0.800. The van der Waals surface area contributed by atoms with Crippen molar-refractivity contribution >= 4 is 17.7 Å². The molecule has 0 radical (unpaired) electrons. The first-order valence-electron chi connectivity index (χ1n) is 11.8. The molecule has 3 atom stereocenters. The molecule has 4 rings (SSSR count). The van der Waals surface area contributed by atoms with Crippen molar-refractivity contribution in [2.24, 2.45) is 22.7 Å². The average molecular weight is 435 g/mol. The minimum Gasteiger partial charge on any atom is -0.468 e. The van der Waals surface area contributed by atoms with Gasteiger partial charge in [-0.1, -0.05) is 33.3 Å². The molecule has 0 aromatic carbocycles. The van der Waals surface area contributed by atoms with Crippen molar-refractivity contribution < 1.29 is 19.0 Å². The van der Waals surface area contributed by atoms with Gasteiger partial charge >= 0.3 is 5.97 Å². The number of ether oxygens (including phenoxy) is 3. The summed E-state index contributed by atoms with van der Waals surface area (Å²) in [6.45, 7) is 10.4. The minimum atomic E-state index is -0.642. The van der Waals surface area contributed by atoms with E-state index in [1.165, 1.54) is 16.7 Å². The standard InChI is InChI=1S/C25H38O4S/c1-6-15-30-16-18-7-8-20-21-19(17(2)3)9-10-24(21,22(26)27-5)12-11-23(20,4)25(18)28-13-14-29-25/h16-17,20H,6-15H2,1-5H3/b18-16+/t20-,23-,24+/m1/s1. The van der Waals surface area contributed by atoms with Crippen LogP contribution in [0.4, 0.5) is 0 Å². The molecule has 0 unspecified atom stereocenters. The Morgan fingerprint density at radius 3 is 2.60 bits per heavy atom. The maximum atomic E-state index is 13.1. The van der Waals surface area contributed by atoms with Crippen LogP contribution in [0.15, 0.2) is 22.1 Å². The van der Waals surface area contributed by atoms with Gasteiger partial charge in [0.25, 0.3) is 0 Å². The van der Waals surface area contributed by atoms with Crippen molar-refractivity contribution in [3.63, 3.8) is 0 Å². The van der Waals surface area contributed by atoms with E-state index < -0.39 is 11.2 Å². The van der Waals surface area contributed by atoms with Gasteiger partial charge in [-0.2, -0.15) is 0 Å². The predicted molar refractivity (Wildman–Crippen MR) is 121 cm³/mol. The molecule has 2 saturated carbocycles. The van der Waals surface area contributed by atoms with Gasteiger partial charge in [0.1, 0.15) is 0 Å². The summed E-state index contributed by atoms with van der Waals surface area (Å²) in [5.41, 5.74) is 3.59. The van der Waals surface area contributed by atoms with Crippen molar-refractivity contribution in [2.45, 2.75) is 78.4 Å². The Balaban J connectivity index is 1.81. The Bertz CT molecular complexity index is 748. The minimum absolute atomic E-state index is 0.0302. The number of allylic oxidation sites excluding steroid dienone is 1. The number of fused-ring (bicyclic) bond motifs is 4. The van der Waals surface area contributed by atoms with Gasteiger partial charge < -0.3 is 14.2 Å². The highest BCUT2D eigenvalue weighted by Gasteiger charge is 2.68. The van der Waals surface area contributed by atoms with Crippen LogP contribution >= 0.6 is 11.8 Å². The molecule has 3 aliphatic carbocycles. The van der Waals surface area contributed by atoms with Gasteiger partial charge in [-0.15, -0.1) is 11.8 Å². The molecule has 168 valence electrons. The molecule has 4 aliphatic rings. The molecule has 1 aliphatic heterocycles. The van der Waals surface area contributed by atoms with Gasteiger partial charge in [-0.05, 0) is 79.1 Å². The van der Waals surface area contributed by atoms with Crippen molar-refractivity contribution in [3.05, 3.63) is 22.1 Å². The number of carbonyl (C=O) groups excluding carboxylic acids is 1. The third-order valence-corrected chi connectivity index (χ3v) is 9.36. The van der Waals surface area contributed by atoms with E-state index in [0.717, 1.165) is 50.7 Å². The Morgan fingerprint density at radius 1 is 1.23 bits per heavy atom. The van der Waals surface area contributed by atoms with Crippen molar-refractivity contribution in [1.29, 1.82) is 0 Å². The molecule has 0 aromatic heterocycles. The zero-order chi connectivity index (χ0) is 21.6. The second-order valence-corrected chi connectivity index (χ2v) is 11.0. The highest BCUT2D eigenvalue weighted by molar-refractivity contribution is 8.02. The predicted octanol–water partition coefficient (Wildman–Crippen LogP) is 5.87. The lowest BCUT2D eigenvalue weighted by atomic mass is 9.49. The van der Waals surface area contributed by atoms with Gasteiger partial charge in [0.2, 0.25) is 0 Å². The van der Waals surface area contributed by atoms with Crippen LogP contribution in [0.5, 0.6) is 0 Å². The second-order valence-electron chi connectivity index (χ2n) is 10.0. The first kappa shape index (κ1) is 22.4. The van der Waals surface area contributed by atoms with Gasteiger partial charge in [0.05, 0.1) is 25.7 Å². The highest BCUT2D eigenvalue weighted by Crippen LogP contribution is 2.68. The quantitative estimate of drug-likeness (QED) is 0.307. The Kier molecular flexibility index (Phi) is 6.19. The summed E-state index contributed by atoms with van der Waals surface area (Å²) in [4.78, 5) is 13.1. The number of thioether (sulfide) groups is 1. The summed E-state index contributed by atoms with van der Waals surface area (Å²) < 4.78 is 18.4. The third kappa shape index (κ3) is 3.06. The molecule has 3 fully saturated rings. The van der Waals surface area contributed by atoms with Crippen molar-refractivity contribution in [3.8, 4) is 0 Å². The van der Waals surface area contributed by atoms with Crippen LogP contribution in [0.25, 0.3) is 0 Å². The van der Waals surface area contributed by atoms with Crippen LogP contribution < -0.4 is 0 Å². The fourth-order valence-electron chi connectivity index (χ4n) is 6.85. The summed E-state index contributed by atoms with van der Waals surface area (Å²) in [5, 5.41) is 2.32. The average Bonchev–Trinajstić information content (AvgIpc) is 3.37. The number of hydrogen-bond donors (Lipinski definition) is 0. The van der Waals surface area contributed by atoms with E-state index in [-0.39, 0.29) is 11.4 Å². The molecular formula is C25H38O4S. The fourth-order valence-corrected chi connectivity index (χ4v) is 7.67. The van der Waals surface area contributed by atoms with Crippen LogP contribution in [-0.4, -0.2) is 37.8 Å². The normalized spacial score (nSPS) is 36.5. The second kappa shape index (κ2) is 8.29. The third-order valence-electron chi connectivity index (χ3n) is 8.26. The van der Waals surface area contributed by atoms with E-state index in [1.807, 2.05) is 11.8 Å². The Morgan fingerprint density at radius 2 is 1.97 bits per heavy atom. The number of rotatable bonds is 5. The lowest BCUT2D eigenvalue weighted by Crippen LogP contribution is -2.60. The summed E-state index contributed by atoms with van der Waals surface area (Å²) in [5.74, 6) is 1.20. The van der Waals surface area contributed by atoms with Gasteiger partial charge in [-0.25, -0.2) is 0 Å². The molecule has 0 bridgehead atoms. The van der Waals surface area contributed by atoms with Crippen molar-refractivity contribution in [1.82, 2.24) is 0 Å². The number of hydrogen-bond acceptors (Lipinski definition) is 5. The largest absolute Gasteiger partial charge is 0.468 e. The van der Waals surface area contributed by atoms with Crippen LogP contribution in [0.1, 0.15) is 72.6 Å². The summed E-state index contributed by atoms with van der Waals surface area (Å²) in [6, 6.07) is 0. The zero-order valence-corrected chi connectivity index (χ0v) is 20.2. The highest BCUT2D eigenvalue weighted by atomic mass is 32.2. The molecule has 5 heteroatoms. The van der Waals surface area contributed by atoms with Crippen LogP contribution in [-0.2, 0) is 19.0 Å². The molecule has 0 N–H and O–H groups in total. The van der Waals surface area contributed by atoms with E-state index >= 15 is 0 Å². The summed E-state index contributed by atoms with van der Waals surface area (Å²) >= 11 is 1.88. The zero-order valence-electron chi connectivity index (χ0n) is 19.3. The van der Waals surface area contributed by atoms with E-state index in [1.54, 1.807) is 7.11 Å². The molecule has 0 amide bonds. The molecular weight excluding hydrogens is 396 g/mol. The van der Waals surface area contributed by atoms with E-state index in [4.69, 9.17) is 14.2 Å². The maximum absolute atomic E-state index is 13.1. The maximum Gasteiger partial charge on any atom is 0.315 e. The van der Waals surface area contributed by atoms with Gasteiger partial charge in [0.15, 0.2) is 5.79 Å². The molecule has 1 saturated heterocycles. The topological polar surface area (TPSA) is 44.8 Å². The van der Waals surface area contributed by atoms with E-state index in [0.29, 0.717) is 25.0 Å². The van der Waals surface area contributed by atoms with Gasteiger partial charge in [0, 0.05) is 5.41 Å². The summed E-state index contributed by atoms with van der Waals surface area (Å²) in [6.07, 6.45) is 6.88. The molecule has 1 spiro atoms. The molecule has 0 aromatic rings. The first-order chi connectivity index (χ1) is 14.4. The van der Waals surface area contributed by atoms with E-state index in [2.05, 4.69) is 33.1 Å². The molecule has 4 nitrogen and oxygen atoms in total. The van der Waals surface area contributed by atoms with Gasteiger partial charge in [-0.3, -0.25) is 4.79 Å². The van der Waals surface area contributed by atoms with Crippen LogP contribution in [0.2, 0.25) is 0 Å². The smallest absolute Gasteiger partial charge is 0.315 e. The SMILES string of the molecule is CCCS/C=C1\CC[C@@H]2C3=C(C(C)C)CC[C@]3(C(=O)OC)CC[C@@]2(C)C12OCCO2. The van der Waals surface area contributed by atoms with Crippen molar-refractivity contribution in [2.75, 3.05) is 26.1 Å². The molecule has 30 heavy (non-hydrogen) atoms. The van der Waals surface area contributed by atoms with Crippen LogP contribution in [0.3, 0.4) is 0 Å². The monoisotopic (exact) mass is 434 g/mol. The first-order valence-corrected chi connectivity index (χ1v) is 12.8. The number of esters is 1.